The molecule has 1 amide bonds. The number of carboxylic acid groups (broad SMARTS) is 1. The minimum absolute atomic E-state index is 0.620. The van der Waals surface area contributed by atoms with E-state index >= 15 is 0 Å². The highest BCUT2D eigenvalue weighted by atomic mass is 16.4. The molecule has 0 saturated carbocycles. The third-order valence-corrected chi connectivity index (χ3v) is 4.52. The highest BCUT2D eigenvalue weighted by Gasteiger charge is 2.26. The maximum absolute atomic E-state index is 10.9. The van der Waals surface area contributed by atoms with Gasteiger partial charge in [-0.1, -0.05) is 5.21 Å². The normalized spacial score (nSPS) is 24.5. The molecule has 2 saturated heterocycles. The van der Waals surface area contributed by atoms with Gasteiger partial charge in [0.15, 0.2) is 5.82 Å². The first-order chi connectivity index (χ1) is 10.7. The van der Waals surface area contributed by atoms with Crippen LogP contribution in [-0.4, -0.2) is 92.3 Å². The third kappa shape index (κ3) is 3.92. The lowest BCUT2D eigenvalue weighted by Crippen LogP contribution is -2.50. The van der Waals surface area contributed by atoms with Crippen LogP contribution in [0.1, 0.15) is 18.7 Å². The van der Waals surface area contributed by atoms with Gasteiger partial charge >= 0.3 is 6.09 Å². The van der Waals surface area contributed by atoms with Gasteiger partial charge in [0, 0.05) is 39.3 Å². The van der Waals surface area contributed by atoms with E-state index < -0.39 is 6.09 Å². The van der Waals surface area contributed by atoms with Crippen LogP contribution in [0.25, 0.3) is 0 Å². The molecule has 0 aromatic carbocycles. The number of rotatable bonds is 4. The highest BCUT2D eigenvalue weighted by molar-refractivity contribution is 5.65. The molecule has 0 bridgehead atoms. The SMILES string of the molecule is O=C(O)N1CCN(C[C@@H]2CCCN(Cc3nn[nH]n3)C2)CC1. The van der Waals surface area contributed by atoms with E-state index in [2.05, 4.69) is 30.4 Å². The summed E-state index contributed by atoms with van der Waals surface area (Å²) in [6.07, 6.45) is 1.63. The van der Waals surface area contributed by atoms with Gasteiger partial charge in [-0.05, 0) is 25.3 Å². The number of piperidine rings is 1. The van der Waals surface area contributed by atoms with E-state index in [0.717, 1.165) is 45.1 Å². The number of piperazine rings is 1. The number of H-pyrrole nitrogens is 1. The van der Waals surface area contributed by atoms with Crippen molar-refractivity contribution in [1.82, 2.24) is 35.3 Å². The van der Waals surface area contributed by atoms with Crippen LogP contribution in [-0.2, 0) is 6.54 Å². The second-order valence-electron chi connectivity index (χ2n) is 6.14. The van der Waals surface area contributed by atoms with E-state index in [1.54, 1.807) is 0 Å². The predicted octanol–water partition coefficient (Wildman–Crippen LogP) is -0.293. The van der Waals surface area contributed by atoms with Crippen molar-refractivity contribution in [2.45, 2.75) is 19.4 Å². The van der Waals surface area contributed by atoms with Gasteiger partial charge in [0.1, 0.15) is 0 Å². The van der Waals surface area contributed by atoms with Crippen molar-refractivity contribution in [2.75, 3.05) is 45.8 Å². The number of aromatic amines is 1. The molecular formula is C13H23N7O2. The Bertz CT molecular complexity index is 473. The van der Waals surface area contributed by atoms with Gasteiger partial charge in [0.2, 0.25) is 0 Å². The van der Waals surface area contributed by atoms with Gasteiger partial charge in [-0.15, -0.1) is 10.2 Å². The Morgan fingerprint density at radius 2 is 2.05 bits per heavy atom. The Morgan fingerprint density at radius 3 is 2.73 bits per heavy atom. The molecule has 122 valence electrons. The molecule has 9 nitrogen and oxygen atoms in total. The number of amides is 1. The number of nitrogens with one attached hydrogen (secondary N) is 1. The standard InChI is InChI=1S/C13H23N7O2/c21-13(22)20-6-4-18(5-7-20)8-11-2-1-3-19(9-11)10-12-14-16-17-15-12/h11H,1-10H2,(H,21,22)(H,14,15,16,17)/t11-/m0/s1. The third-order valence-electron chi connectivity index (χ3n) is 4.52. The maximum Gasteiger partial charge on any atom is 0.407 e. The van der Waals surface area contributed by atoms with Gasteiger partial charge in [0.25, 0.3) is 0 Å². The molecule has 2 N–H and O–H groups in total. The van der Waals surface area contributed by atoms with Crippen molar-refractivity contribution in [3.8, 4) is 0 Å². The smallest absolute Gasteiger partial charge is 0.407 e. The summed E-state index contributed by atoms with van der Waals surface area (Å²) in [5, 5.41) is 23.1. The fourth-order valence-corrected chi connectivity index (χ4v) is 3.38. The zero-order valence-electron chi connectivity index (χ0n) is 12.7. The summed E-state index contributed by atoms with van der Waals surface area (Å²) < 4.78 is 0. The molecule has 1 atom stereocenters. The molecule has 3 heterocycles. The topological polar surface area (TPSA) is 101 Å². The zero-order valence-corrected chi connectivity index (χ0v) is 12.7. The molecule has 2 aliphatic heterocycles. The highest BCUT2D eigenvalue weighted by Crippen LogP contribution is 2.19. The number of hydrogen-bond acceptors (Lipinski definition) is 6. The van der Waals surface area contributed by atoms with Crippen LogP contribution in [0, 0.1) is 5.92 Å². The van der Waals surface area contributed by atoms with Crippen molar-refractivity contribution in [3.63, 3.8) is 0 Å². The number of likely N-dealkylation sites (tertiary alicyclic amines) is 1. The lowest BCUT2D eigenvalue weighted by Gasteiger charge is -2.38. The van der Waals surface area contributed by atoms with Crippen LogP contribution in [0.3, 0.4) is 0 Å². The average Bonchev–Trinajstić information content (AvgIpc) is 3.01. The zero-order chi connectivity index (χ0) is 15.4. The Balaban J connectivity index is 1.44. The molecule has 1 aromatic rings. The molecule has 2 fully saturated rings. The first-order valence-electron chi connectivity index (χ1n) is 7.85. The van der Waals surface area contributed by atoms with Crippen LogP contribution >= 0.6 is 0 Å². The molecular weight excluding hydrogens is 286 g/mol. The number of nitrogens with zero attached hydrogens (tertiary/aromatic N) is 6. The van der Waals surface area contributed by atoms with Crippen molar-refractivity contribution in [2.24, 2.45) is 5.92 Å². The summed E-state index contributed by atoms with van der Waals surface area (Å²) in [5.74, 6) is 1.38. The van der Waals surface area contributed by atoms with E-state index in [1.165, 1.54) is 17.7 Å². The average molecular weight is 309 g/mol. The van der Waals surface area contributed by atoms with E-state index in [1.807, 2.05) is 0 Å². The summed E-state index contributed by atoms with van der Waals surface area (Å²) in [7, 11) is 0. The van der Waals surface area contributed by atoms with Gasteiger partial charge in [-0.25, -0.2) is 4.79 Å². The van der Waals surface area contributed by atoms with Crippen molar-refractivity contribution in [3.05, 3.63) is 5.82 Å². The van der Waals surface area contributed by atoms with Gasteiger partial charge < -0.3 is 10.0 Å². The summed E-state index contributed by atoms with van der Waals surface area (Å²) in [6, 6.07) is 0. The molecule has 0 spiro atoms. The number of tetrazole rings is 1. The summed E-state index contributed by atoms with van der Waals surface area (Å²) in [4.78, 5) is 17.2. The molecule has 0 radical (unpaired) electrons. The molecule has 22 heavy (non-hydrogen) atoms. The fourth-order valence-electron chi connectivity index (χ4n) is 3.38. The Morgan fingerprint density at radius 1 is 1.23 bits per heavy atom. The maximum atomic E-state index is 10.9. The monoisotopic (exact) mass is 309 g/mol. The van der Waals surface area contributed by atoms with E-state index in [0.29, 0.717) is 19.0 Å². The van der Waals surface area contributed by atoms with E-state index in [9.17, 15) is 4.79 Å². The van der Waals surface area contributed by atoms with Crippen molar-refractivity contribution >= 4 is 6.09 Å². The quantitative estimate of drug-likeness (QED) is 0.788. The number of aromatic nitrogens is 4. The summed E-state index contributed by atoms with van der Waals surface area (Å²) >= 11 is 0. The Hall–Kier alpha value is -1.74. The molecule has 0 aliphatic carbocycles. The Labute approximate surface area is 129 Å². The van der Waals surface area contributed by atoms with Gasteiger partial charge in [0.05, 0.1) is 6.54 Å². The molecule has 0 unspecified atom stereocenters. The second kappa shape index (κ2) is 7.01. The fraction of sp³-hybridized carbons (Fsp3) is 0.846. The van der Waals surface area contributed by atoms with Gasteiger partial charge in [-0.3, -0.25) is 9.80 Å². The summed E-state index contributed by atoms with van der Waals surface area (Å²) in [6.45, 7) is 6.85. The van der Waals surface area contributed by atoms with E-state index in [-0.39, 0.29) is 0 Å². The minimum atomic E-state index is -0.802. The van der Waals surface area contributed by atoms with E-state index in [4.69, 9.17) is 5.11 Å². The molecule has 3 rings (SSSR count). The largest absolute Gasteiger partial charge is 0.465 e. The first-order valence-corrected chi connectivity index (χ1v) is 7.85. The summed E-state index contributed by atoms with van der Waals surface area (Å²) in [5.41, 5.74) is 0. The lowest BCUT2D eigenvalue weighted by atomic mass is 9.97. The van der Waals surface area contributed by atoms with Gasteiger partial charge in [-0.2, -0.15) is 5.21 Å². The number of carbonyl (C=O) groups is 1. The van der Waals surface area contributed by atoms with Crippen molar-refractivity contribution in [1.29, 1.82) is 0 Å². The molecule has 9 heteroatoms. The van der Waals surface area contributed by atoms with Crippen LogP contribution in [0.5, 0.6) is 0 Å². The van der Waals surface area contributed by atoms with Crippen LogP contribution in [0.15, 0.2) is 0 Å². The minimum Gasteiger partial charge on any atom is -0.465 e. The van der Waals surface area contributed by atoms with Crippen LogP contribution in [0.2, 0.25) is 0 Å². The molecule has 2 aliphatic rings. The Kier molecular flexibility index (Phi) is 4.84. The predicted molar refractivity (Wildman–Crippen MR) is 78.2 cm³/mol. The lowest BCUT2D eigenvalue weighted by molar-refractivity contribution is 0.0808. The van der Waals surface area contributed by atoms with Crippen molar-refractivity contribution < 1.29 is 9.90 Å². The second-order valence-corrected chi connectivity index (χ2v) is 6.14. The first kappa shape index (κ1) is 15.2. The van der Waals surface area contributed by atoms with Crippen LogP contribution in [0.4, 0.5) is 4.79 Å². The molecule has 1 aromatic heterocycles. The number of hydrogen-bond donors (Lipinski definition) is 2. The van der Waals surface area contributed by atoms with Crippen LogP contribution < -0.4 is 0 Å².